The van der Waals surface area contributed by atoms with E-state index in [2.05, 4.69) is 26.0 Å². The van der Waals surface area contributed by atoms with Gasteiger partial charge in [0.2, 0.25) is 24.5 Å². The molecule has 75 heavy (non-hydrogen) atoms. The normalized spacial score (nSPS) is 11.1. The Balaban J connectivity index is 0.000000271. The molecule has 400 valence electrons. The number of nitrogen functional groups attached to an aromatic ring is 4. The van der Waals surface area contributed by atoms with Crippen molar-refractivity contribution in [1.29, 1.82) is 10.5 Å². The van der Waals surface area contributed by atoms with Crippen LogP contribution in [0.2, 0.25) is 40.2 Å². The van der Waals surface area contributed by atoms with Crippen LogP contribution < -0.4 is 22.9 Å². The zero-order valence-electron chi connectivity index (χ0n) is 40.9. The lowest BCUT2D eigenvalue weighted by Gasteiger charge is -2.22. The van der Waals surface area contributed by atoms with Crippen LogP contribution in [0, 0.1) is 22.7 Å². The third kappa shape index (κ3) is 18.0. The molecule has 0 aliphatic heterocycles. The van der Waals surface area contributed by atoms with Crippen molar-refractivity contribution in [3.05, 3.63) is 141 Å². The molecule has 25 heteroatoms. The van der Waals surface area contributed by atoms with E-state index in [4.69, 9.17) is 145 Å². The Morgan fingerprint density at radius 2 is 0.973 bits per heavy atom. The average molecular weight is 1190 g/mol. The summed E-state index contributed by atoms with van der Waals surface area (Å²) in [5, 5.41) is 39.6. The van der Waals surface area contributed by atoms with Crippen molar-refractivity contribution in [2.75, 3.05) is 56.0 Å². The monoisotopic (exact) mass is 1180 g/mol. The number of aromatic nitrogens is 4. The van der Waals surface area contributed by atoms with Crippen molar-refractivity contribution in [2.24, 2.45) is 0 Å². The second-order valence-corrected chi connectivity index (χ2v) is 17.6. The number of nitrogens with zero attached hydrogens (tertiary/aromatic N) is 6. The van der Waals surface area contributed by atoms with Crippen LogP contribution in [0.25, 0.3) is 27.8 Å². The fraction of sp³-hybridized carbons (Fsp3) is 0.280. The molecule has 6 aromatic rings. The van der Waals surface area contributed by atoms with E-state index in [9.17, 15) is 15.5 Å². The van der Waals surface area contributed by atoms with Gasteiger partial charge in [-0.1, -0.05) is 141 Å². The minimum atomic E-state index is -1.86. The average Bonchev–Trinajstić information content (AvgIpc) is 3.36. The Morgan fingerprint density at radius 1 is 0.547 bits per heavy atom. The van der Waals surface area contributed by atoms with E-state index in [0.717, 1.165) is 5.56 Å². The Hall–Kier alpha value is -5.16. The van der Waals surface area contributed by atoms with Crippen molar-refractivity contribution in [1.82, 2.24) is 19.9 Å². The highest BCUT2D eigenvalue weighted by atomic mass is 35.5. The van der Waals surface area contributed by atoms with Crippen LogP contribution in [0.3, 0.4) is 0 Å². The molecule has 0 aliphatic rings. The van der Waals surface area contributed by atoms with Gasteiger partial charge in [0.15, 0.2) is 12.0 Å². The minimum Gasteiger partial charge on any atom is -0.491 e. The number of allylic oxidation sites excluding steroid dienone is 1. The predicted molar refractivity (Wildman–Crippen MR) is 299 cm³/mol. The summed E-state index contributed by atoms with van der Waals surface area (Å²) in [6.07, 6.45) is -3.06. The molecule has 10 N–H and O–H groups in total. The van der Waals surface area contributed by atoms with Crippen molar-refractivity contribution >= 4 is 122 Å². The van der Waals surface area contributed by atoms with Crippen LogP contribution in [0.1, 0.15) is 69.7 Å². The number of aliphatic hydroxyl groups is 2. The molecule has 0 fully saturated rings. The van der Waals surface area contributed by atoms with Gasteiger partial charge in [0.25, 0.3) is 0 Å². The maximum Gasteiger partial charge on any atom is 0.222 e. The highest BCUT2D eigenvalue weighted by Gasteiger charge is 2.27. The van der Waals surface area contributed by atoms with Gasteiger partial charge in [0, 0.05) is 43.1 Å². The van der Waals surface area contributed by atoms with Crippen LogP contribution in [0.15, 0.2) is 78.6 Å². The summed E-state index contributed by atoms with van der Waals surface area (Å²) in [6.45, 7) is 11.3. The third-order valence-corrected chi connectivity index (χ3v) is 12.9. The third-order valence-electron chi connectivity index (χ3n) is 9.54. The van der Waals surface area contributed by atoms with Crippen LogP contribution in [-0.4, -0.2) is 69.5 Å². The summed E-state index contributed by atoms with van der Waals surface area (Å²) in [5.41, 5.74) is 26.5. The summed E-state index contributed by atoms with van der Waals surface area (Å²) in [5.74, 6) is 0.338. The van der Waals surface area contributed by atoms with Gasteiger partial charge in [-0.05, 0) is 64.4 Å². The second-order valence-electron chi connectivity index (χ2n) is 14.4. The number of ether oxygens (including phenoxy) is 5. The van der Waals surface area contributed by atoms with Crippen molar-refractivity contribution in [3.63, 3.8) is 0 Å². The Morgan fingerprint density at radius 3 is 1.41 bits per heavy atom. The highest BCUT2D eigenvalue weighted by Crippen LogP contribution is 2.41. The fourth-order valence-corrected chi connectivity index (χ4v) is 8.04. The van der Waals surface area contributed by atoms with Crippen molar-refractivity contribution in [3.8, 4) is 34.4 Å². The first-order chi connectivity index (χ1) is 35.8. The lowest BCUT2D eigenvalue weighted by atomic mass is 10.0. The first-order valence-electron chi connectivity index (χ1n) is 22.3. The maximum atomic E-state index is 9.58. The fourth-order valence-electron chi connectivity index (χ4n) is 6.47. The number of benzene rings is 4. The topological polar surface area (TPSA) is 290 Å². The highest BCUT2D eigenvalue weighted by molar-refractivity contribution is 6.45. The van der Waals surface area contributed by atoms with E-state index < -0.39 is 18.9 Å². The number of nitriles is 2. The van der Waals surface area contributed by atoms with Gasteiger partial charge in [0.1, 0.15) is 34.7 Å². The predicted octanol–water partition coefficient (Wildman–Crippen LogP) is 13.0. The SMILES string of the molecule is CCO/C(=C(\C#N)c1cccc(Cl)c1Cl)C(OCC)OCC.CCOC(OCC)c1nc(N)nc(N)c1-c1cccc(Cl)c1Cl.N#CCc1cccc(Cl)c1Cl.Nc1nc(N)c(-c2cccc(Cl)c2Cl)c(C(O)O)n1. The zero-order chi connectivity index (χ0) is 55.9. The number of rotatable bonds is 17. The molecule has 17 nitrogen and oxygen atoms in total. The van der Waals surface area contributed by atoms with Gasteiger partial charge >= 0.3 is 0 Å². The molecule has 0 saturated carbocycles. The van der Waals surface area contributed by atoms with Crippen LogP contribution in [-0.2, 0) is 30.1 Å². The molecule has 0 bridgehead atoms. The molecular weight excluding hydrogens is 1140 g/mol. The molecule has 0 saturated heterocycles. The molecule has 0 radical (unpaired) electrons. The summed E-state index contributed by atoms with van der Waals surface area (Å²) in [4.78, 5) is 15.8. The lowest BCUT2D eigenvalue weighted by Crippen LogP contribution is -2.23. The van der Waals surface area contributed by atoms with Crippen LogP contribution >= 0.6 is 92.8 Å². The van der Waals surface area contributed by atoms with Gasteiger partial charge in [-0.25, -0.2) is 9.97 Å². The Bertz CT molecular complexity index is 2970. The van der Waals surface area contributed by atoms with E-state index in [0.29, 0.717) is 108 Å². The summed E-state index contributed by atoms with van der Waals surface area (Å²) in [7, 11) is 0. The lowest BCUT2D eigenvalue weighted by molar-refractivity contribution is -0.142. The van der Waals surface area contributed by atoms with Gasteiger partial charge in [-0.2, -0.15) is 20.5 Å². The number of halogens is 8. The molecule has 0 atom stereocenters. The van der Waals surface area contributed by atoms with Gasteiger partial charge in [0.05, 0.1) is 70.4 Å². The Labute approximate surface area is 474 Å². The minimum absolute atomic E-state index is 0.0141. The smallest absolute Gasteiger partial charge is 0.222 e. The van der Waals surface area contributed by atoms with Gasteiger partial charge in [-0.3, -0.25) is 0 Å². The standard InChI is InChI=1S/C16H19Cl2NO3.C15H18Cl2N4O2.C11H10Cl2N4O2.C8H5Cl2N/c1-4-20-15(16(21-5-2)22-6-3)12(10-19)11-8-7-9-13(17)14(11)18;1-3-22-14(23-4-2)12-10(13(18)21-15(19)20-12)8-6-5-7-9(16)11(8)17;12-5-3-1-2-4(7(5)13)6-8(10(18)19)16-11(15)17-9(6)14;9-7-3-1-2-6(4-5-11)8(7)10/h7-9,16H,4-6H2,1-3H3;5-7,14H,3-4H2,1-2H3,(H4,18,19,20,21);1-3,10,18-19H,(H4,14,15,16,17);1-3H,4H2/b15-12+;;;. The molecule has 4 aromatic carbocycles. The van der Waals surface area contributed by atoms with Crippen LogP contribution in [0.5, 0.6) is 0 Å². The summed E-state index contributed by atoms with van der Waals surface area (Å²) >= 11 is 48.2. The maximum absolute atomic E-state index is 9.58. The Kier molecular flexibility index (Phi) is 27.7. The quantitative estimate of drug-likeness (QED) is 0.0281. The van der Waals surface area contributed by atoms with Crippen molar-refractivity contribution in [2.45, 2.75) is 59.9 Å². The van der Waals surface area contributed by atoms with Crippen LogP contribution in [0.4, 0.5) is 23.5 Å². The first-order valence-corrected chi connectivity index (χ1v) is 25.4. The van der Waals surface area contributed by atoms with E-state index in [1.165, 1.54) is 0 Å². The number of nitrogens with two attached hydrogens (primary N) is 4. The van der Waals surface area contributed by atoms with Gasteiger partial charge < -0.3 is 56.8 Å². The second kappa shape index (κ2) is 32.4. The summed E-state index contributed by atoms with van der Waals surface area (Å²) in [6, 6.07) is 24.6. The van der Waals surface area contributed by atoms with Gasteiger partial charge in [-0.15, -0.1) is 0 Å². The number of hydrogen-bond acceptors (Lipinski definition) is 17. The number of hydrogen-bond donors (Lipinski definition) is 6. The first kappa shape index (κ1) is 64.1. The largest absolute Gasteiger partial charge is 0.491 e. The van der Waals surface area contributed by atoms with Crippen molar-refractivity contribution < 1.29 is 33.9 Å². The van der Waals surface area contributed by atoms with E-state index in [-0.39, 0.29) is 45.4 Å². The summed E-state index contributed by atoms with van der Waals surface area (Å²) < 4.78 is 27.9. The molecule has 6 rings (SSSR count). The zero-order valence-corrected chi connectivity index (χ0v) is 46.9. The molecule has 2 heterocycles. The molecule has 0 aliphatic carbocycles. The van der Waals surface area contributed by atoms with E-state index in [1.54, 1.807) is 72.8 Å². The molecule has 0 spiro atoms. The number of aliphatic hydroxyl groups excluding tert-OH is 1. The van der Waals surface area contributed by atoms with E-state index >= 15 is 0 Å². The molecule has 0 unspecified atom stereocenters. The number of anilines is 4. The molecule has 0 amide bonds. The van der Waals surface area contributed by atoms with E-state index in [1.807, 2.05) is 40.7 Å². The molecular formula is C50H52Cl8N10O7. The molecule has 2 aromatic heterocycles.